The van der Waals surface area contributed by atoms with Crippen molar-refractivity contribution in [3.05, 3.63) is 17.6 Å². The minimum Gasteiger partial charge on any atom is -0.383 e. The molecule has 0 saturated heterocycles. The number of aryl methyl sites for hydroxylation is 1. The van der Waals surface area contributed by atoms with Gasteiger partial charge in [0.25, 0.3) is 0 Å². The molecule has 0 bridgehead atoms. The summed E-state index contributed by atoms with van der Waals surface area (Å²) in [5.74, 6) is 1.29. The van der Waals surface area contributed by atoms with Crippen molar-refractivity contribution < 1.29 is 4.74 Å². The fourth-order valence-corrected chi connectivity index (χ4v) is 0.895. The standard InChI is InChI=1S/C8H13N3O/c1-3-7-10-4-6(5-12-2)8(9)11-7/h4H,3,5H2,1-2H3,(H2,9,10,11). The molecule has 66 valence electrons. The lowest BCUT2D eigenvalue weighted by Gasteiger charge is -2.03. The van der Waals surface area contributed by atoms with E-state index in [-0.39, 0.29) is 0 Å². The number of anilines is 1. The number of hydrogen-bond acceptors (Lipinski definition) is 4. The van der Waals surface area contributed by atoms with Gasteiger partial charge < -0.3 is 10.5 Å². The molecule has 1 heterocycles. The highest BCUT2D eigenvalue weighted by Gasteiger charge is 2.01. The predicted octanol–water partition coefficient (Wildman–Crippen LogP) is 0.768. The van der Waals surface area contributed by atoms with Gasteiger partial charge in [0.2, 0.25) is 0 Å². The average Bonchev–Trinajstić information content (AvgIpc) is 2.09. The molecule has 4 nitrogen and oxygen atoms in total. The van der Waals surface area contributed by atoms with Crippen molar-refractivity contribution in [3.8, 4) is 0 Å². The van der Waals surface area contributed by atoms with Crippen LogP contribution in [0.1, 0.15) is 18.3 Å². The molecule has 0 aliphatic carbocycles. The van der Waals surface area contributed by atoms with Gasteiger partial charge in [0.05, 0.1) is 6.61 Å². The van der Waals surface area contributed by atoms with E-state index in [4.69, 9.17) is 10.5 Å². The summed E-state index contributed by atoms with van der Waals surface area (Å²) < 4.78 is 4.92. The van der Waals surface area contributed by atoms with Crippen LogP contribution in [0.15, 0.2) is 6.20 Å². The second kappa shape index (κ2) is 4.01. The summed E-state index contributed by atoms with van der Waals surface area (Å²) in [5, 5.41) is 0. The van der Waals surface area contributed by atoms with Crippen LogP contribution < -0.4 is 5.73 Å². The quantitative estimate of drug-likeness (QED) is 0.722. The van der Waals surface area contributed by atoms with Crippen molar-refractivity contribution in [2.75, 3.05) is 12.8 Å². The molecule has 2 N–H and O–H groups in total. The van der Waals surface area contributed by atoms with Gasteiger partial charge in [0.15, 0.2) is 0 Å². The van der Waals surface area contributed by atoms with Gasteiger partial charge in [-0.3, -0.25) is 0 Å². The smallest absolute Gasteiger partial charge is 0.132 e. The number of nitrogen functional groups attached to an aromatic ring is 1. The maximum Gasteiger partial charge on any atom is 0.132 e. The molecule has 1 rings (SSSR count). The minimum absolute atomic E-state index is 0.468. The molecular weight excluding hydrogens is 154 g/mol. The summed E-state index contributed by atoms with van der Waals surface area (Å²) in [5.41, 5.74) is 6.49. The highest BCUT2D eigenvalue weighted by atomic mass is 16.5. The summed E-state index contributed by atoms with van der Waals surface area (Å²) in [6, 6.07) is 0. The van der Waals surface area contributed by atoms with Gasteiger partial charge in [0, 0.05) is 25.3 Å². The van der Waals surface area contributed by atoms with E-state index in [1.807, 2.05) is 6.92 Å². The topological polar surface area (TPSA) is 61.0 Å². The molecule has 0 fully saturated rings. The van der Waals surface area contributed by atoms with E-state index >= 15 is 0 Å². The zero-order chi connectivity index (χ0) is 8.97. The first-order valence-corrected chi connectivity index (χ1v) is 3.87. The Morgan fingerprint density at radius 3 is 2.83 bits per heavy atom. The van der Waals surface area contributed by atoms with E-state index in [0.717, 1.165) is 17.8 Å². The maximum atomic E-state index is 5.65. The van der Waals surface area contributed by atoms with E-state index in [9.17, 15) is 0 Å². The van der Waals surface area contributed by atoms with Crippen LogP contribution in [-0.4, -0.2) is 17.1 Å². The first-order valence-electron chi connectivity index (χ1n) is 3.87. The minimum atomic E-state index is 0.468. The normalized spacial score (nSPS) is 10.2. The average molecular weight is 167 g/mol. The number of aromatic nitrogens is 2. The predicted molar refractivity (Wildman–Crippen MR) is 46.5 cm³/mol. The lowest BCUT2D eigenvalue weighted by atomic mass is 10.3. The molecule has 12 heavy (non-hydrogen) atoms. The van der Waals surface area contributed by atoms with Gasteiger partial charge in [0.1, 0.15) is 11.6 Å². The van der Waals surface area contributed by atoms with E-state index < -0.39 is 0 Å². The maximum absolute atomic E-state index is 5.65. The van der Waals surface area contributed by atoms with Crippen molar-refractivity contribution in [2.45, 2.75) is 20.0 Å². The number of ether oxygens (including phenoxy) is 1. The number of nitrogens with two attached hydrogens (primary N) is 1. The Bertz CT molecular complexity index is 262. The summed E-state index contributed by atoms with van der Waals surface area (Å²) in [6.45, 7) is 2.46. The Kier molecular flexibility index (Phi) is 2.99. The van der Waals surface area contributed by atoms with Gasteiger partial charge in [-0.15, -0.1) is 0 Å². The van der Waals surface area contributed by atoms with Gasteiger partial charge in [-0.2, -0.15) is 0 Å². The number of rotatable bonds is 3. The molecule has 1 aromatic heterocycles. The zero-order valence-corrected chi connectivity index (χ0v) is 7.37. The van der Waals surface area contributed by atoms with Crippen LogP contribution in [0.4, 0.5) is 5.82 Å². The van der Waals surface area contributed by atoms with Crippen LogP contribution in [-0.2, 0) is 17.8 Å². The van der Waals surface area contributed by atoms with Crippen LogP contribution in [0.2, 0.25) is 0 Å². The molecule has 0 atom stereocenters. The van der Waals surface area contributed by atoms with Crippen molar-refractivity contribution in [1.29, 1.82) is 0 Å². The van der Waals surface area contributed by atoms with Crippen molar-refractivity contribution in [2.24, 2.45) is 0 Å². The number of hydrogen-bond donors (Lipinski definition) is 1. The molecule has 0 aliphatic rings. The lowest BCUT2D eigenvalue weighted by molar-refractivity contribution is 0.185. The van der Waals surface area contributed by atoms with Crippen LogP contribution in [0, 0.1) is 0 Å². The summed E-state index contributed by atoms with van der Waals surface area (Å²) in [6.07, 6.45) is 2.52. The van der Waals surface area contributed by atoms with Gasteiger partial charge in [-0.25, -0.2) is 9.97 Å². The summed E-state index contributed by atoms with van der Waals surface area (Å²) in [4.78, 5) is 8.20. The van der Waals surface area contributed by atoms with Crippen LogP contribution >= 0.6 is 0 Å². The van der Waals surface area contributed by atoms with Gasteiger partial charge in [-0.05, 0) is 0 Å². The number of nitrogens with zero attached hydrogens (tertiary/aromatic N) is 2. The van der Waals surface area contributed by atoms with Gasteiger partial charge >= 0.3 is 0 Å². The van der Waals surface area contributed by atoms with Crippen LogP contribution in [0.25, 0.3) is 0 Å². The van der Waals surface area contributed by atoms with Crippen LogP contribution in [0.3, 0.4) is 0 Å². The molecule has 0 spiro atoms. The third-order valence-corrected chi connectivity index (χ3v) is 1.56. The molecule has 0 aromatic carbocycles. The van der Waals surface area contributed by atoms with Gasteiger partial charge in [-0.1, -0.05) is 6.92 Å². The Morgan fingerprint density at radius 1 is 1.58 bits per heavy atom. The second-order valence-corrected chi connectivity index (χ2v) is 2.48. The molecule has 1 aromatic rings. The van der Waals surface area contributed by atoms with Crippen LogP contribution in [0.5, 0.6) is 0 Å². The molecule has 0 radical (unpaired) electrons. The molecule has 0 saturated carbocycles. The lowest BCUT2D eigenvalue weighted by Crippen LogP contribution is -2.03. The SMILES string of the molecule is CCc1ncc(COC)c(N)n1. The Hall–Kier alpha value is -1.16. The molecule has 4 heteroatoms. The molecule has 0 amide bonds. The highest BCUT2D eigenvalue weighted by molar-refractivity contribution is 5.36. The fraction of sp³-hybridized carbons (Fsp3) is 0.500. The first-order chi connectivity index (χ1) is 5.77. The van der Waals surface area contributed by atoms with Crippen molar-refractivity contribution in [3.63, 3.8) is 0 Å². The first kappa shape index (κ1) is 8.93. The molecular formula is C8H13N3O. The second-order valence-electron chi connectivity index (χ2n) is 2.48. The third-order valence-electron chi connectivity index (χ3n) is 1.56. The van der Waals surface area contributed by atoms with Crippen molar-refractivity contribution in [1.82, 2.24) is 9.97 Å². The van der Waals surface area contributed by atoms with Crippen molar-refractivity contribution >= 4 is 5.82 Å². The third kappa shape index (κ3) is 1.92. The van der Waals surface area contributed by atoms with E-state index in [0.29, 0.717) is 12.4 Å². The largest absolute Gasteiger partial charge is 0.383 e. The van der Waals surface area contributed by atoms with E-state index in [1.165, 1.54) is 0 Å². The molecule has 0 unspecified atom stereocenters. The fourth-order valence-electron chi connectivity index (χ4n) is 0.895. The Balaban J connectivity index is 2.87. The summed E-state index contributed by atoms with van der Waals surface area (Å²) >= 11 is 0. The number of methoxy groups -OCH3 is 1. The Labute approximate surface area is 71.8 Å². The highest BCUT2D eigenvalue weighted by Crippen LogP contribution is 2.08. The zero-order valence-electron chi connectivity index (χ0n) is 7.37. The monoisotopic (exact) mass is 167 g/mol. The van der Waals surface area contributed by atoms with E-state index in [2.05, 4.69) is 9.97 Å². The molecule has 0 aliphatic heterocycles. The Morgan fingerprint density at radius 2 is 2.33 bits per heavy atom. The van der Waals surface area contributed by atoms with E-state index in [1.54, 1.807) is 13.3 Å². The summed E-state index contributed by atoms with van der Waals surface area (Å²) in [7, 11) is 1.62.